The van der Waals surface area contributed by atoms with Gasteiger partial charge in [0, 0.05) is 17.8 Å². The highest BCUT2D eigenvalue weighted by Gasteiger charge is 2.10. The van der Waals surface area contributed by atoms with Crippen LogP contribution >= 0.6 is 0 Å². The predicted octanol–water partition coefficient (Wildman–Crippen LogP) is 4.08. The lowest BCUT2D eigenvalue weighted by atomic mass is 10.1. The van der Waals surface area contributed by atoms with Crippen LogP contribution in [0.4, 0.5) is 11.5 Å². The highest BCUT2D eigenvalue weighted by atomic mass is 16.5. The van der Waals surface area contributed by atoms with E-state index in [0.29, 0.717) is 11.7 Å². The van der Waals surface area contributed by atoms with Crippen molar-refractivity contribution >= 4 is 22.5 Å². The number of nitrogens with zero attached hydrogens (tertiary/aromatic N) is 3. The Labute approximate surface area is 144 Å². The van der Waals surface area contributed by atoms with Gasteiger partial charge in [-0.15, -0.1) is 0 Å². The van der Waals surface area contributed by atoms with Crippen LogP contribution in [-0.4, -0.2) is 27.0 Å². The van der Waals surface area contributed by atoms with Gasteiger partial charge in [-0.3, -0.25) is 0 Å². The molecular weight excluding hydrogens is 314 g/mol. The van der Waals surface area contributed by atoms with E-state index < -0.39 is 0 Å². The standard InChI is InChI=1S/C19H17N5O/c1-12-3-5-13(6-4-12)18-23-15-9-10-20-19(17(15)24-18)22-14-7-8-16(25-2)21-11-14/h3-11H,1-2H3,(H,20,22)(H,23,24). The zero-order chi connectivity index (χ0) is 17.2. The second kappa shape index (κ2) is 6.24. The molecule has 25 heavy (non-hydrogen) atoms. The number of benzene rings is 1. The molecule has 4 rings (SSSR count). The second-order valence-electron chi connectivity index (χ2n) is 5.72. The maximum absolute atomic E-state index is 5.08. The fraction of sp³-hybridized carbons (Fsp3) is 0.105. The van der Waals surface area contributed by atoms with Crippen molar-refractivity contribution in [1.29, 1.82) is 0 Å². The van der Waals surface area contributed by atoms with Gasteiger partial charge in [0.05, 0.1) is 24.5 Å². The van der Waals surface area contributed by atoms with Gasteiger partial charge in [-0.05, 0) is 19.1 Å². The Morgan fingerprint density at radius 3 is 2.56 bits per heavy atom. The molecule has 0 radical (unpaired) electrons. The summed E-state index contributed by atoms with van der Waals surface area (Å²) in [6.45, 7) is 2.07. The monoisotopic (exact) mass is 331 g/mol. The summed E-state index contributed by atoms with van der Waals surface area (Å²) >= 11 is 0. The number of rotatable bonds is 4. The van der Waals surface area contributed by atoms with Crippen molar-refractivity contribution in [1.82, 2.24) is 19.9 Å². The first kappa shape index (κ1) is 15.1. The molecule has 0 unspecified atom stereocenters. The van der Waals surface area contributed by atoms with Crippen molar-refractivity contribution in [3.63, 3.8) is 0 Å². The average Bonchev–Trinajstić information content (AvgIpc) is 3.08. The van der Waals surface area contributed by atoms with E-state index in [-0.39, 0.29) is 0 Å². The van der Waals surface area contributed by atoms with Crippen LogP contribution in [-0.2, 0) is 0 Å². The zero-order valence-electron chi connectivity index (χ0n) is 13.9. The summed E-state index contributed by atoms with van der Waals surface area (Å²) in [4.78, 5) is 16.7. The summed E-state index contributed by atoms with van der Waals surface area (Å²) in [5.74, 6) is 2.07. The highest BCUT2D eigenvalue weighted by Crippen LogP contribution is 2.26. The van der Waals surface area contributed by atoms with E-state index in [1.807, 2.05) is 12.1 Å². The molecule has 0 amide bonds. The Balaban J connectivity index is 1.70. The predicted molar refractivity (Wildman–Crippen MR) is 98.1 cm³/mol. The minimum Gasteiger partial charge on any atom is -0.481 e. The molecule has 0 atom stereocenters. The van der Waals surface area contributed by atoms with Crippen molar-refractivity contribution in [2.24, 2.45) is 0 Å². The summed E-state index contributed by atoms with van der Waals surface area (Å²) in [6, 6.07) is 13.9. The number of pyridine rings is 2. The molecule has 3 aromatic heterocycles. The molecule has 4 aromatic rings. The van der Waals surface area contributed by atoms with Crippen LogP contribution in [0.3, 0.4) is 0 Å². The first-order valence-electron chi connectivity index (χ1n) is 7.92. The fourth-order valence-electron chi connectivity index (χ4n) is 2.59. The number of imidazole rings is 1. The smallest absolute Gasteiger partial charge is 0.213 e. The lowest BCUT2D eigenvalue weighted by Crippen LogP contribution is -1.96. The van der Waals surface area contributed by atoms with Crippen molar-refractivity contribution in [3.05, 3.63) is 60.4 Å². The van der Waals surface area contributed by atoms with E-state index in [0.717, 1.165) is 28.1 Å². The number of hydrogen-bond donors (Lipinski definition) is 2. The van der Waals surface area contributed by atoms with E-state index in [1.165, 1.54) is 5.56 Å². The number of aromatic nitrogens is 4. The van der Waals surface area contributed by atoms with Crippen molar-refractivity contribution < 1.29 is 4.74 Å². The molecule has 2 N–H and O–H groups in total. The second-order valence-corrected chi connectivity index (χ2v) is 5.72. The number of H-pyrrole nitrogens is 1. The van der Waals surface area contributed by atoms with Gasteiger partial charge in [0.2, 0.25) is 5.88 Å². The van der Waals surface area contributed by atoms with Crippen LogP contribution in [0.25, 0.3) is 22.4 Å². The van der Waals surface area contributed by atoms with Crippen molar-refractivity contribution in [2.75, 3.05) is 12.4 Å². The van der Waals surface area contributed by atoms with Gasteiger partial charge < -0.3 is 15.0 Å². The quantitative estimate of drug-likeness (QED) is 0.589. The lowest BCUT2D eigenvalue weighted by Gasteiger charge is -2.06. The molecule has 0 saturated heterocycles. The van der Waals surface area contributed by atoms with E-state index in [1.54, 1.807) is 25.6 Å². The highest BCUT2D eigenvalue weighted by molar-refractivity contribution is 5.89. The van der Waals surface area contributed by atoms with E-state index >= 15 is 0 Å². The van der Waals surface area contributed by atoms with Gasteiger partial charge >= 0.3 is 0 Å². The molecule has 0 saturated carbocycles. The van der Waals surface area contributed by atoms with Crippen LogP contribution in [0.2, 0.25) is 0 Å². The summed E-state index contributed by atoms with van der Waals surface area (Å²) in [7, 11) is 1.59. The Morgan fingerprint density at radius 1 is 1.00 bits per heavy atom. The number of aromatic amines is 1. The van der Waals surface area contributed by atoms with Gasteiger partial charge in [0.1, 0.15) is 11.3 Å². The van der Waals surface area contributed by atoms with Gasteiger partial charge in [-0.2, -0.15) is 0 Å². The lowest BCUT2D eigenvalue weighted by molar-refractivity contribution is 0.398. The molecule has 0 aliphatic rings. The van der Waals surface area contributed by atoms with Crippen LogP contribution in [0.5, 0.6) is 5.88 Å². The molecule has 124 valence electrons. The Morgan fingerprint density at radius 2 is 1.84 bits per heavy atom. The number of fused-ring (bicyclic) bond motifs is 1. The summed E-state index contributed by atoms with van der Waals surface area (Å²) in [5, 5.41) is 3.26. The van der Waals surface area contributed by atoms with Crippen molar-refractivity contribution in [2.45, 2.75) is 6.92 Å². The van der Waals surface area contributed by atoms with Crippen molar-refractivity contribution in [3.8, 4) is 17.3 Å². The third-order valence-corrected chi connectivity index (χ3v) is 3.93. The first-order chi connectivity index (χ1) is 12.2. The van der Waals surface area contributed by atoms with Crippen LogP contribution in [0, 0.1) is 6.92 Å². The minimum atomic E-state index is 0.568. The SMILES string of the molecule is COc1ccc(Nc2nccc3[nH]c(-c4ccc(C)cc4)nc23)cn1. The summed E-state index contributed by atoms with van der Waals surface area (Å²) in [5.41, 5.74) is 4.79. The number of methoxy groups -OCH3 is 1. The average molecular weight is 331 g/mol. The molecule has 6 heteroatoms. The fourth-order valence-corrected chi connectivity index (χ4v) is 2.59. The molecule has 3 heterocycles. The normalized spacial score (nSPS) is 10.8. The zero-order valence-corrected chi connectivity index (χ0v) is 13.9. The van der Waals surface area contributed by atoms with E-state index in [2.05, 4.69) is 51.5 Å². The molecule has 0 spiro atoms. The number of hydrogen-bond acceptors (Lipinski definition) is 5. The molecule has 0 aliphatic carbocycles. The molecule has 6 nitrogen and oxygen atoms in total. The van der Waals surface area contributed by atoms with E-state index in [4.69, 9.17) is 9.72 Å². The number of ether oxygens (including phenoxy) is 1. The number of aryl methyl sites for hydroxylation is 1. The third-order valence-electron chi connectivity index (χ3n) is 3.93. The summed E-state index contributed by atoms with van der Waals surface area (Å²) in [6.07, 6.45) is 3.45. The van der Waals surface area contributed by atoms with Gasteiger partial charge in [-0.1, -0.05) is 29.8 Å². The van der Waals surface area contributed by atoms with Crippen LogP contribution in [0.15, 0.2) is 54.9 Å². The number of anilines is 2. The number of nitrogens with one attached hydrogen (secondary N) is 2. The first-order valence-corrected chi connectivity index (χ1v) is 7.92. The molecule has 0 fully saturated rings. The molecule has 0 bridgehead atoms. The Hall–Kier alpha value is -3.41. The van der Waals surface area contributed by atoms with Gasteiger partial charge in [0.15, 0.2) is 5.82 Å². The Bertz CT molecular complexity index is 1010. The maximum atomic E-state index is 5.08. The van der Waals surface area contributed by atoms with Crippen LogP contribution in [0.1, 0.15) is 5.56 Å². The maximum Gasteiger partial charge on any atom is 0.213 e. The Kier molecular flexibility index (Phi) is 3.78. The summed E-state index contributed by atoms with van der Waals surface area (Å²) < 4.78 is 5.08. The topological polar surface area (TPSA) is 75.7 Å². The van der Waals surface area contributed by atoms with E-state index in [9.17, 15) is 0 Å². The largest absolute Gasteiger partial charge is 0.481 e. The molecular formula is C19H17N5O. The molecule has 1 aromatic carbocycles. The van der Waals surface area contributed by atoms with Gasteiger partial charge in [-0.25, -0.2) is 15.0 Å². The molecule has 0 aliphatic heterocycles. The minimum absolute atomic E-state index is 0.568. The van der Waals surface area contributed by atoms with Crippen LogP contribution < -0.4 is 10.1 Å². The van der Waals surface area contributed by atoms with Gasteiger partial charge in [0.25, 0.3) is 0 Å². The third kappa shape index (κ3) is 3.01.